The first-order chi connectivity index (χ1) is 11.9. The molecule has 1 unspecified atom stereocenters. The summed E-state index contributed by atoms with van der Waals surface area (Å²) < 4.78 is 15.6. The Kier molecular flexibility index (Phi) is 4.36. The lowest BCUT2D eigenvalue weighted by atomic mass is 9.81. The molecule has 2 heterocycles. The highest BCUT2D eigenvalue weighted by Crippen LogP contribution is 2.36. The van der Waals surface area contributed by atoms with Crippen molar-refractivity contribution in [3.63, 3.8) is 0 Å². The second-order valence-corrected chi connectivity index (χ2v) is 6.60. The molecule has 128 valence electrons. The first-order valence-electron chi connectivity index (χ1n) is 7.69. The zero-order valence-electron chi connectivity index (χ0n) is 13.5. The quantitative estimate of drug-likeness (QED) is 0.827. The number of nitrogens with zero attached hydrogens (tertiary/aromatic N) is 3. The lowest BCUT2D eigenvalue weighted by Gasteiger charge is -2.23. The molecular formula is C18H15ClFN3O2. The van der Waals surface area contributed by atoms with Crippen LogP contribution in [0.4, 0.5) is 4.39 Å². The summed E-state index contributed by atoms with van der Waals surface area (Å²) in [6.45, 7) is 0.418. The van der Waals surface area contributed by atoms with E-state index in [9.17, 15) is 19.2 Å². The van der Waals surface area contributed by atoms with Crippen molar-refractivity contribution in [2.24, 2.45) is 7.05 Å². The van der Waals surface area contributed by atoms with Gasteiger partial charge in [0, 0.05) is 43.0 Å². The normalized spacial score (nSPS) is 19.7. The molecule has 0 saturated carbocycles. The summed E-state index contributed by atoms with van der Waals surface area (Å²) in [5.41, 5.74) is -0.722. The SMILES string of the molecule is Cn1cc(C(=O)N2CCC(C#N)(c3ccc(Cl)cc3F)C2)ccc1=O. The molecule has 1 atom stereocenters. The molecule has 1 aromatic heterocycles. The predicted octanol–water partition coefficient (Wildman–Crippen LogP) is 2.49. The third-order valence-corrected chi connectivity index (χ3v) is 4.79. The van der Waals surface area contributed by atoms with Gasteiger partial charge >= 0.3 is 0 Å². The predicted molar refractivity (Wildman–Crippen MR) is 90.9 cm³/mol. The van der Waals surface area contributed by atoms with Crippen LogP contribution in [0, 0.1) is 17.1 Å². The van der Waals surface area contributed by atoms with Gasteiger partial charge in [-0.25, -0.2) is 4.39 Å². The van der Waals surface area contributed by atoms with Crippen LogP contribution in [-0.4, -0.2) is 28.5 Å². The topological polar surface area (TPSA) is 66.1 Å². The van der Waals surface area contributed by atoms with Crippen molar-refractivity contribution in [3.8, 4) is 6.07 Å². The number of benzene rings is 1. The van der Waals surface area contributed by atoms with Crippen LogP contribution in [0.2, 0.25) is 5.02 Å². The van der Waals surface area contributed by atoms with Crippen molar-refractivity contribution in [2.45, 2.75) is 11.8 Å². The van der Waals surface area contributed by atoms with E-state index in [1.54, 1.807) is 7.05 Å². The highest BCUT2D eigenvalue weighted by atomic mass is 35.5. The number of carbonyl (C=O) groups is 1. The smallest absolute Gasteiger partial charge is 0.255 e. The van der Waals surface area contributed by atoms with Gasteiger partial charge in [0.15, 0.2) is 0 Å². The Morgan fingerprint density at radius 3 is 2.76 bits per heavy atom. The molecule has 7 heteroatoms. The van der Waals surface area contributed by atoms with Crippen molar-refractivity contribution < 1.29 is 9.18 Å². The molecule has 1 aliphatic rings. The highest BCUT2D eigenvalue weighted by molar-refractivity contribution is 6.30. The molecule has 1 saturated heterocycles. The summed E-state index contributed by atoms with van der Waals surface area (Å²) in [6.07, 6.45) is 1.79. The average molecular weight is 360 g/mol. The van der Waals surface area contributed by atoms with Crippen LogP contribution in [0.25, 0.3) is 0 Å². The van der Waals surface area contributed by atoms with Gasteiger partial charge in [-0.2, -0.15) is 5.26 Å². The summed E-state index contributed by atoms with van der Waals surface area (Å²) in [4.78, 5) is 25.6. The number of aromatic nitrogens is 1. The number of amides is 1. The van der Waals surface area contributed by atoms with E-state index < -0.39 is 11.2 Å². The highest BCUT2D eigenvalue weighted by Gasteiger charge is 2.43. The summed E-state index contributed by atoms with van der Waals surface area (Å²) in [6, 6.07) is 9.17. The molecule has 3 rings (SSSR count). The van der Waals surface area contributed by atoms with E-state index in [0.717, 1.165) is 0 Å². The Labute approximate surface area is 148 Å². The molecular weight excluding hydrogens is 345 g/mol. The molecule has 0 N–H and O–H groups in total. The van der Waals surface area contributed by atoms with Crippen LogP contribution in [0.3, 0.4) is 0 Å². The van der Waals surface area contributed by atoms with Gasteiger partial charge in [0.25, 0.3) is 5.91 Å². The minimum absolute atomic E-state index is 0.0870. The molecule has 1 aliphatic heterocycles. The van der Waals surface area contributed by atoms with E-state index in [1.165, 1.54) is 46.0 Å². The van der Waals surface area contributed by atoms with Crippen LogP contribution in [0.15, 0.2) is 41.3 Å². The fourth-order valence-electron chi connectivity index (χ4n) is 3.14. The largest absolute Gasteiger partial charge is 0.337 e. The lowest BCUT2D eigenvalue weighted by molar-refractivity contribution is 0.0786. The Balaban J connectivity index is 1.90. The molecule has 1 amide bonds. The average Bonchev–Trinajstić information content (AvgIpc) is 3.02. The number of likely N-dealkylation sites (tertiary alicyclic amines) is 1. The minimum Gasteiger partial charge on any atom is -0.337 e. The molecule has 0 aliphatic carbocycles. The molecule has 1 aromatic carbocycles. The summed E-state index contributed by atoms with van der Waals surface area (Å²) in [5, 5.41) is 9.94. The minimum atomic E-state index is -1.11. The van der Waals surface area contributed by atoms with Crippen molar-refractivity contribution >= 4 is 17.5 Å². The van der Waals surface area contributed by atoms with E-state index in [0.29, 0.717) is 18.5 Å². The van der Waals surface area contributed by atoms with Crippen LogP contribution in [-0.2, 0) is 12.5 Å². The van der Waals surface area contributed by atoms with Gasteiger partial charge in [0.05, 0.1) is 11.6 Å². The van der Waals surface area contributed by atoms with Crippen LogP contribution < -0.4 is 5.56 Å². The van der Waals surface area contributed by atoms with Crippen molar-refractivity contribution in [2.75, 3.05) is 13.1 Å². The van der Waals surface area contributed by atoms with Gasteiger partial charge in [0.1, 0.15) is 11.2 Å². The molecule has 2 aromatic rings. The first-order valence-corrected chi connectivity index (χ1v) is 8.07. The third-order valence-electron chi connectivity index (χ3n) is 4.55. The van der Waals surface area contributed by atoms with Crippen molar-refractivity contribution in [1.29, 1.82) is 5.26 Å². The Bertz CT molecular complexity index is 950. The number of rotatable bonds is 2. The number of hydrogen-bond acceptors (Lipinski definition) is 3. The maximum absolute atomic E-state index is 14.3. The Hall–Kier alpha value is -2.65. The van der Waals surface area contributed by atoms with E-state index in [2.05, 4.69) is 6.07 Å². The summed E-state index contributed by atoms with van der Waals surface area (Å²) in [5.74, 6) is -0.840. The van der Waals surface area contributed by atoms with Crippen molar-refractivity contribution in [3.05, 3.63) is 68.8 Å². The van der Waals surface area contributed by atoms with E-state index in [4.69, 9.17) is 11.6 Å². The van der Waals surface area contributed by atoms with Gasteiger partial charge in [-0.05, 0) is 24.6 Å². The van der Waals surface area contributed by atoms with E-state index in [1.807, 2.05) is 0 Å². The first kappa shape index (κ1) is 17.2. The lowest BCUT2D eigenvalue weighted by Crippen LogP contribution is -2.34. The second-order valence-electron chi connectivity index (χ2n) is 6.16. The molecule has 0 radical (unpaired) electrons. The maximum Gasteiger partial charge on any atom is 0.255 e. The molecule has 25 heavy (non-hydrogen) atoms. The number of halogens is 2. The van der Waals surface area contributed by atoms with Crippen molar-refractivity contribution in [1.82, 2.24) is 9.47 Å². The van der Waals surface area contributed by atoms with Gasteiger partial charge in [-0.1, -0.05) is 17.7 Å². The molecule has 0 spiro atoms. The van der Waals surface area contributed by atoms with Crippen LogP contribution in [0.1, 0.15) is 22.3 Å². The number of nitriles is 1. The number of aryl methyl sites for hydroxylation is 1. The molecule has 5 nitrogen and oxygen atoms in total. The van der Waals surface area contributed by atoms with Gasteiger partial charge in [-0.3, -0.25) is 9.59 Å². The summed E-state index contributed by atoms with van der Waals surface area (Å²) >= 11 is 5.78. The molecule has 0 bridgehead atoms. The Morgan fingerprint density at radius 2 is 2.12 bits per heavy atom. The second kappa shape index (κ2) is 6.34. The fraction of sp³-hybridized carbons (Fsp3) is 0.278. The van der Waals surface area contributed by atoms with Crippen LogP contribution in [0.5, 0.6) is 0 Å². The maximum atomic E-state index is 14.3. The summed E-state index contributed by atoms with van der Waals surface area (Å²) in [7, 11) is 1.56. The van der Waals surface area contributed by atoms with Gasteiger partial charge in [0.2, 0.25) is 5.56 Å². The van der Waals surface area contributed by atoms with Gasteiger partial charge in [-0.15, -0.1) is 0 Å². The van der Waals surface area contributed by atoms with E-state index >= 15 is 0 Å². The zero-order chi connectivity index (χ0) is 18.2. The third kappa shape index (κ3) is 3.03. The number of pyridine rings is 1. The van der Waals surface area contributed by atoms with Gasteiger partial charge < -0.3 is 9.47 Å². The number of carbonyl (C=O) groups excluding carboxylic acids is 1. The fourth-order valence-corrected chi connectivity index (χ4v) is 3.29. The van der Waals surface area contributed by atoms with Crippen LogP contribution >= 0.6 is 11.6 Å². The molecule has 1 fully saturated rings. The zero-order valence-corrected chi connectivity index (χ0v) is 14.3. The number of hydrogen-bond donors (Lipinski definition) is 0. The standard InChI is InChI=1S/C18H15ClFN3O2/c1-22-9-12(2-5-16(22)24)17(25)23-7-6-18(10-21,11-23)14-4-3-13(19)8-15(14)20/h2-5,8-9H,6-7,11H2,1H3. The van der Waals surface area contributed by atoms with E-state index in [-0.39, 0.29) is 28.6 Å². The Morgan fingerprint density at radius 1 is 1.36 bits per heavy atom. The monoisotopic (exact) mass is 359 g/mol.